The number of esters is 1. The molecule has 0 radical (unpaired) electrons. The molecule has 21 heavy (non-hydrogen) atoms. The van der Waals surface area contributed by atoms with E-state index in [4.69, 9.17) is 4.74 Å². The van der Waals surface area contributed by atoms with Crippen molar-refractivity contribution >= 4 is 12.0 Å². The predicted octanol–water partition coefficient (Wildman–Crippen LogP) is 4.35. The van der Waals surface area contributed by atoms with Gasteiger partial charge in [-0.3, -0.25) is 0 Å². The van der Waals surface area contributed by atoms with Crippen LogP contribution in [-0.4, -0.2) is 12.6 Å². The van der Waals surface area contributed by atoms with Crippen LogP contribution in [0.3, 0.4) is 0 Å². The topological polar surface area (TPSA) is 35.5 Å². The summed E-state index contributed by atoms with van der Waals surface area (Å²) in [5.41, 5.74) is 0.556. The van der Waals surface area contributed by atoms with E-state index >= 15 is 0 Å². The summed E-state index contributed by atoms with van der Waals surface area (Å²) in [7, 11) is 0. The van der Waals surface area contributed by atoms with Crippen LogP contribution in [0, 0.1) is 0 Å². The molecule has 4 heteroatoms. The van der Waals surface area contributed by atoms with Crippen molar-refractivity contribution in [1.29, 1.82) is 0 Å². The second-order valence-corrected chi connectivity index (χ2v) is 4.20. The van der Waals surface area contributed by atoms with Gasteiger partial charge in [0, 0.05) is 0 Å². The Morgan fingerprint density at radius 2 is 1.67 bits per heavy atom. The fourth-order valence-electron chi connectivity index (χ4n) is 1.66. The summed E-state index contributed by atoms with van der Waals surface area (Å²) in [6.45, 7) is 1.77. The number of carbonyl (C=O) groups is 1. The van der Waals surface area contributed by atoms with Gasteiger partial charge in [-0.25, -0.2) is 4.79 Å². The number of halogens is 1. The van der Waals surface area contributed by atoms with Gasteiger partial charge < -0.3 is 9.47 Å². The molecule has 0 aromatic heterocycles. The van der Waals surface area contributed by atoms with E-state index in [2.05, 4.69) is 4.74 Å². The Bertz CT molecular complexity index is 618. The van der Waals surface area contributed by atoms with Gasteiger partial charge in [-0.1, -0.05) is 30.3 Å². The van der Waals surface area contributed by atoms with Crippen molar-refractivity contribution < 1.29 is 18.7 Å². The van der Waals surface area contributed by atoms with Crippen molar-refractivity contribution in [3.63, 3.8) is 0 Å². The van der Waals surface area contributed by atoms with Crippen LogP contribution in [-0.2, 0) is 9.53 Å². The third-order valence-corrected chi connectivity index (χ3v) is 2.62. The van der Waals surface area contributed by atoms with Gasteiger partial charge in [0.25, 0.3) is 0 Å². The molecule has 2 aromatic rings. The van der Waals surface area contributed by atoms with Gasteiger partial charge in [-0.05, 0) is 42.8 Å². The minimum atomic E-state index is -0.956. The van der Waals surface area contributed by atoms with Gasteiger partial charge in [-0.2, -0.15) is 4.39 Å². The number of hydrogen-bond donors (Lipinski definition) is 0. The molecule has 0 saturated heterocycles. The maximum Gasteiger partial charge on any atom is 0.367 e. The van der Waals surface area contributed by atoms with Gasteiger partial charge in [-0.15, -0.1) is 0 Å². The number of carbonyl (C=O) groups excluding carboxylic acids is 1. The number of para-hydroxylation sites is 1. The zero-order valence-corrected chi connectivity index (χ0v) is 11.6. The second kappa shape index (κ2) is 7.24. The molecule has 108 valence electrons. The fraction of sp³-hybridized carbons (Fsp3) is 0.118. The molecular formula is C17H15FO3. The van der Waals surface area contributed by atoms with E-state index in [1.54, 1.807) is 31.2 Å². The molecule has 0 fully saturated rings. The molecule has 0 amide bonds. The molecule has 0 spiro atoms. The van der Waals surface area contributed by atoms with E-state index in [1.807, 2.05) is 30.3 Å². The summed E-state index contributed by atoms with van der Waals surface area (Å²) in [4.78, 5) is 11.2. The Hall–Kier alpha value is -2.62. The van der Waals surface area contributed by atoms with Crippen molar-refractivity contribution in [2.75, 3.05) is 6.61 Å². The van der Waals surface area contributed by atoms with E-state index in [0.29, 0.717) is 11.3 Å². The quantitative estimate of drug-likeness (QED) is 0.605. The maximum absolute atomic E-state index is 13.5. The first-order valence-electron chi connectivity index (χ1n) is 6.56. The van der Waals surface area contributed by atoms with Gasteiger partial charge >= 0.3 is 5.97 Å². The van der Waals surface area contributed by atoms with E-state index in [9.17, 15) is 9.18 Å². The van der Waals surface area contributed by atoms with Crippen molar-refractivity contribution in [2.24, 2.45) is 0 Å². The third-order valence-electron chi connectivity index (χ3n) is 2.62. The number of hydrogen-bond acceptors (Lipinski definition) is 3. The third kappa shape index (κ3) is 4.45. The van der Waals surface area contributed by atoms with Crippen LogP contribution in [0.5, 0.6) is 11.5 Å². The van der Waals surface area contributed by atoms with Crippen LogP contribution in [0.25, 0.3) is 6.08 Å². The minimum absolute atomic E-state index is 0.143. The average molecular weight is 286 g/mol. The number of rotatable bonds is 5. The largest absolute Gasteiger partial charge is 0.461 e. The molecule has 0 atom stereocenters. The highest BCUT2D eigenvalue weighted by Gasteiger charge is 2.09. The lowest BCUT2D eigenvalue weighted by atomic mass is 10.2. The molecular weight excluding hydrogens is 271 g/mol. The zero-order chi connectivity index (χ0) is 15.1. The monoisotopic (exact) mass is 286 g/mol. The van der Waals surface area contributed by atoms with Crippen molar-refractivity contribution in [2.45, 2.75) is 6.92 Å². The molecule has 0 unspecified atom stereocenters. The van der Waals surface area contributed by atoms with E-state index in [0.717, 1.165) is 11.8 Å². The number of ether oxygens (including phenoxy) is 2. The molecule has 3 nitrogen and oxygen atoms in total. The highest BCUT2D eigenvalue weighted by Crippen LogP contribution is 2.22. The van der Waals surface area contributed by atoms with Gasteiger partial charge in [0.15, 0.2) is 0 Å². The van der Waals surface area contributed by atoms with Crippen molar-refractivity contribution in [3.8, 4) is 11.5 Å². The van der Waals surface area contributed by atoms with E-state index in [-0.39, 0.29) is 6.61 Å². The highest BCUT2D eigenvalue weighted by molar-refractivity contribution is 5.91. The Kier molecular flexibility index (Phi) is 5.10. The molecule has 0 aliphatic heterocycles. The fourth-order valence-corrected chi connectivity index (χ4v) is 1.66. The molecule has 2 aromatic carbocycles. The Morgan fingerprint density at radius 1 is 1.05 bits per heavy atom. The summed E-state index contributed by atoms with van der Waals surface area (Å²) in [5, 5.41) is 0. The summed E-state index contributed by atoms with van der Waals surface area (Å²) in [6.07, 6.45) is 1.13. The van der Waals surface area contributed by atoms with Crippen LogP contribution < -0.4 is 4.74 Å². The standard InChI is InChI=1S/C17H15FO3/c1-2-20-17(19)16(18)12-13-8-10-15(11-9-13)21-14-6-4-3-5-7-14/h3-12H,2H2,1H3. The van der Waals surface area contributed by atoms with Gasteiger partial charge in [0.05, 0.1) is 6.61 Å². The molecule has 0 bridgehead atoms. The summed E-state index contributed by atoms with van der Waals surface area (Å²) >= 11 is 0. The highest BCUT2D eigenvalue weighted by atomic mass is 19.1. The SMILES string of the molecule is CCOC(=O)C(F)=Cc1ccc(Oc2ccccc2)cc1. The lowest BCUT2D eigenvalue weighted by Crippen LogP contribution is -2.03. The van der Waals surface area contributed by atoms with Crippen LogP contribution in [0.4, 0.5) is 4.39 Å². The maximum atomic E-state index is 13.5. The zero-order valence-electron chi connectivity index (χ0n) is 11.6. The average Bonchev–Trinajstić information content (AvgIpc) is 2.50. The molecule has 0 aliphatic carbocycles. The lowest BCUT2D eigenvalue weighted by molar-refractivity contribution is -0.140. The van der Waals surface area contributed by atoms with Crippen molar-refractivity contribution in [3.05, 3.63) is 66.0 Å². The molecule has 0 heterocycles. The predicted molar refractivity (Wildman–Crippen MR) is 78.7 cm³/mol. The normalized spacial score (nSPS) is 11.0. The Balaban J connectivity index is 2.05. The Morgan fingerprint density at radius 3 is 2.29 bits per heavy atom. The summed E-state index contributed by atoms with van der Waals surface area (Å²) < 4.78 is 23.7. The first-order chi connectivity index (χ1) is 10.2. The molecule has 0 aliphatic rings. The van der Waals surface area contributed by atoms with Gasteiger partial charge in [0.1, 0.15) is 11.5 Å². The summed E-state index contributed by atoms with van der Waals surface area (Å²) in [5.74, 6) is -0.524. The van der Waals surface area contributed by atoms with Crippen LogP contribution in [0.1, 0.15) is 12.5 Å². The second-order valence-electron chi connectivity index (χ2n) is 4.20. The lowest BCUT2D eigenvalue weighted by Gasteiger charge is -2.05. The molecule has 0 saturated carbocycles. The Labute approximate surface area is 122 Å². The number of benzene rings is 2. The summed E-state index contributed by atoms with van der Waals surface area (Å²) in [6, 6.07) is 16.1. The molecule has 2 rings (SSSR count). The minimum Gasteiger partial charge on any atom is -0.461 e. The first-order valence-corrected chi connectivity index (χ1v) is 6.56. The van der Waals surface area contributed by atoms with E-state index < -0.39 is 11.8 Å². The van der Waals surface area contributed by atoms with Crippen LogP contribution >= 0.6 is 0 Å². The van der Waals surface area contributed by atoms with Crippen molar-refractivity contribution in [1.82, 2.24) is 0 Å². The van der Waals surface area contributed by atoms with Crippen LogP contribution in [0.15, 0.2) is 60.4 Å². The smallest absolute Gasteiger partial charge is 0.367 e. The van der Waals surface area contributed by atoms with Crippen LogP contribution in [0.2, 0.25) is 0 Å². The van der Waals surface area contributed by atoms with Gasteiger partial charge in [0.2, 0.25) is 5.83 Å². The van der Waals surface area contributed by atoms with E-state index in [1.165, 1.54) is 0 Å². The molecule has 0 N–H and O–H groups in total. The first kappa shape index (κ1) is 14.8.